The van der Waals surface area contributed by atoms with Crippen molar-refractivity contribution in [1.29, 1.82) is 0 Å². The highest BCUT2D eigenvalue weighted by Crippen LogP contribution is 2.43. The zero-order valence-electron chi connectivity index (χ0n) is 19.8. The predicted octanol–water partition coefficient (Wildman–Crippen LogP) is 4.95. The van der Waals surface area contributed by atoms with Gasteiger partial charge < -0.3 is 21.5 Å². The maximum atomic E-state index is 14.8. The molecule has 2 saturated carbocycles. The lowest BCUT2D eigenvalue weighted by Crippen LogP contribution is -2.38. The van der Waals surface area contributed by atoms with E-state index in [2.05, 4.69) is 20.6 Å². The van der Waals surface area contributed by atoms with E-state index in [0.29, 0.717) is 55.2 Å². The van der Waals surface area contributed by atoms with Gasteiger partial charge in [-0.15, -0.1) is 0 Å². The zero-order valence-corrected chi connectivity index (χ0v) is 21.3. The summed E-state index contributed by atoms with van der Waals surface area (Å²) < 4.78 is 16.7. The van der Waals surface area contributed by atoms with E-state index in [0.717, 1.165) is 12.8 Å². The number of nitrogens with zero attached hydrogens (tertiary/aromatic N) is 4. The van der Waals surface area contributed by atoms with Crippen molar-refractivity contribution in [1.82, 2.24) is 19.5 Å². The number of aliphatic hydroxyl groups is 1. The summed E-state index contributed by atoms with van der Waals surface area (Å²) in [4.78, 5) is 25.8. The van der Waals surface area contributed by atoms with Crippen molar-refractivity contribution >= 4 is 57.9 Å². The van der Waals surface area contributed by atoms with Crippen molar-refractivity contribution in [2.75, 3.05) is 10.6 Å². The zero-order chi connectivity index (χ0) is 25.6. The monoisotopic (exact) mass is 535 g/mol. The summed E-state index contributed by atoms with van der Waals surface area (Å²) in [6.45, 7) is 1.89. The number of carbonyl (C=O) groups is 1. The Balaban J connectivity index is 1.53. The van der Waals surface area contributed by atoms with Crippen molar-refractivity contribution in [2.45, 2.75) is 70.1 Å². The normalized spacial score (nSPS) is 26.3. The molecule has 2 aliphatic rings. The standard InChI is InChI=1S/C24H28Cl2FN7O2/c1-24(21(28)36)6-4-14(5-7-24)34-20-18(11-29-22(33-20)30-13-2-3-15(35)10-13)31-23(34)32-19-16(26)8-12(25)9-17(19)27/h8-9,11,13-15,35H,2-7,10H2,1H3,(H2,28,36)(H,31,32)(H,29,30,33)/t13-,14-,15-,24-/m1/s1. The van der Waals surface area contributed by atoms with Gasteiger partial charge in [0.25, 0.3) is 0 Å². The molecule has 2 aliphatic carbocycles. The van der Waals surface area contributed by atoms with Gasteiger partial charge in [0.2, 0.25) is 17.8 Å². The van der Waals surface area contributed by atoms with Crippen LogP contribution in [0.1, 0.15) is 57.9 Å². The number of nitrogens with one attached hydrogen (secondary N) is 2. The minimum Gasteiger partial charge on any atom is -0.393 e. The highest BCUT2D eigenvalue weighted by atomic mass is 35.5. The molecular weight excluding hydrogens is 508 g/mol. The topological polar surface area (TPSA) is 131 Å². The number of fused-ring (bicyclic) bond motifs is 1. The quantitative estimate of drug-likeness (QED) is 0.351. The summed E-state index contributed by atoms with van der Waals surface area (Å²) in [5, 5.41) is 16.5. The van der Waals surface area contributed by atoms with E-state index >= 15 is 0 Å². The molecule has 1 amide bonds. The molecule has 3 aromatic rings. The second-order valence-electron chi connectivity index (χ2n) is 10.0. The number of hydrogen-bond acceptors (Lipinski definition) is 7. The molecule has 2 aromatic heterocycles. The number of aliphatic hydroxyl groups excluding tert-OH is 1. The molecule has 0 bridgehead atoms. The fraction of sp³-hybridized carbons (Fsp3) is 0.500. The molecule has 0 aliphatic heterocycles. The minimum atomic E-state index is -0.607. The van der Waals surface area contributed by atoms with Crippen molar-refractivity contribution in [3.8, 4) is 0 Å². The Labute approximate surface area is 217 Å². The lowest BCUT2D eigenvalue weighted by Gasteiger charge is -2.35. The molecule has 5 N–H and O–H groups in total. The summed E-state index contributed by atoms with van der Waals surface area (Å²) in [7, 11) is 0. The molecule has 192 valence electrons. The second kappa shape index (κ2) is 9.64. The van der Waals surface area contributed by atoms with E-state index in [9.17, 15) is 14.3 Å². The van der Waals surface area contributed by atoms with Crippen LogP contribution in [-0.2, 0) is 4.79 Å². The van der Waals surface area contributed by atoms with Crippen LogP contribution in [0.25, 0.3) is 11.2 Å². The Morgan fingerprint density at radius 2 is 1.97 bits per heavy atom. The van der Waals surface area contributed by atoms with Gasteiger partial charge in [-0.25, -0.2) is 14.4 Å². The Morgan fingerprint density at radius 3 is 2.61 bits per heavy atom. The van der Waals surface area contributed by atoms with Crippen molar-refractivity contribution < 1.29 is 14.3 Å². The summed E-state index contributed by atoms with van der Waals surface area (Å²) >= 11 is 12.2. The summed E-state index contributed by atoms with van der Waals surface area (Å²) in [5.41, 5.74) is 6.25. The van der Waals surface area contributed by atoms with Crippen molar-refractivity contribution in [3.63, 3.8) is 0 Å². The van der Waals surface area contributed by atoms with Crippen LogP contribution >= 0.6 is 23.2 Å². The third-order valence-corrected chi connectivity index (χ3v) is 7.95. The van der Waals surface area contributed by atoms with Crippen LogP contribution in [0.4, 0.5) is 22.0 Å². The van der Waals surface area contributed by atoms with E-state index in [1.54, 1.807) is 6.20 Å². The van der Waals surface area contributed by atoms with Crippen molar-refractivity contribution in [3.05, 3.63) is 34.2 Å². The van der Waals surface area contributed by atoms with E-state index in [1.165, 1.54) is 12.1 Å². The van der Waals surface area contributed by atoms with Gasteiger partial charge in [-0.1, -0.05) is 30.1 Å². The Morgan fingerprint density at radius 1 is 1.22 bits per heavy atom. The first-order chi connectivity index (χ1) is 17.1. The van der Waals surface area contributed by atoms with Crippen LogP contribution in [0.15, 0.2) is 18.3 Å². The van der Waals surface area contributed by atoms with E-state index in [-0.39, 0.29) is 39.8 Å². The number of anilines is 3. The van der Waals surface area contributed by atoms with E-state index in [1.807, 2.05) is 11.5 Å². The Bertz CT molecular complexity index is 1290. The van der Waals surface area contributed by atoms with Gasteiger partial charge in [0.15, 0.2) is 5.65 Å². The average molecular weight is 536 g/mol. The predicted molar refractivity (Wildman–Crippen MR) is 137 cm³/mol. The van der Waals surface area contributed by atoms with Crippen LogP contribution in [-0.4, -0.2) is 42.7 Å². The van der Waals surface area contributed by atoms with Gasteiger partial charge >= 0.3 is 0 Å². The number of carbonyl (C=O) groups excluding carboxylic acids is 1. The van der Waals surface area contributed by atoms with Crippen LogP contribution in [0, 0.1) is 11.2 Å². The summed E-state index contributed by atoms with van der Waals surface area (Å²) in [6.07, 6.45) is 6.04. The van der Waals surface area contributed by atoms with Gasteiger partial charge in [-0.3, -0.25) is 9.36 Å². The third kappa shape index (κ3) is 4.81. The SMILES string of the molecule is C[C@]1(C(N)=O)CC[C@H](n2c(Nc3c(F)cc(Cl)cc3Cl)nc3cnc(N[C@@H]4CC[C@@H](O)C4)nc32)CC1. The molecular formula is C24H28Cl2FN7O2. The molecule has 2 fully saturated rings. The van der Waals surface area contributed by atoms with Crippen LogP contribution in [0.3, 0.4) is 0 Å². The molecule has 0 unspecified atom stereocenters. The summed E-state index contributed by atoms with van der Waals surface area (Å²) in [5.74, 6) is -0.118. The van der Waals surface area contributed by atoms with Gasteiger partial charge in [0.1, 0.15) is 11.3 Å². The molecule has 12 heteroatoms. The number of benzene rings is 1. The number of nitrogens with two attached hydrogens (primary N) is 1. The molecule has 9 nitrogen and oxygen atoms in total. The van der Waals surface area contributed by atoms with E-state index in [4.69, 9.17) is 33.9 Å². The molecule has 1 aromatic carbocycles. The number of rotatable bonds is 6. The van der Waals surface area contributed by atoms with Gasteiger partial charge in [0.05, 0.1) is 23.0 Å². The number of imidazole rings is 1. The Hall–Kier alpha value is -2.69. The van der Waals surface area contributed by atoms with Crippen LogP contribution in [0.5, 0.6) is 0 Å². The molecule has 0 saturated heterocycles. The fourth-order valence-corrected chi connectivity index (χ4v) is 5.70. The number of aromatic nitrogens is 4. The van der Waals surface area contributed by atoms with Gasteiger partial charge in [-0.2, -0.15) is 4.98 Å². The van der Waals surface area contributed by atoms with Crippen molar-refractivity contribution in [2.24, 2.45) is 11.1 Å². The molecule has 2 heterocycles. The molecule has 36 heavy (non-hydrogen) atoms. The minimum absolute atomic E-state index is 0.0571. The number of hydrogen-bond donors (Lipinski definition) is 4. The largest absolute Gasteiger partial charge is 0.393 e. The lowest BCUT2D eigenvalue weighted by molar-refractivity contribution is -0.128. The third-order valence-electron chi connectivity index (χ3n) is 7.43. The highest BCUT2D eigenvalue weighted by Gasteiger charge is 2.38. The van der Waals surface area contributed by atoms with Crippen LogP contribution in [0.2, 0.25) is 10.0 Å². The average Bonchev–Trinajstić information content (AvgIpc) is 3.39. The second-order valence-corrected chi connectivity index (χ2v) is 10.9. The number of halogens is 3. The first-order valence-electron chi connectivity index (χ1n) is 12.0. The maximum Gasteiger partial charge on any atom is 0.224 e. The number of primary amides is 1. The fourth-order valence-electron chi connectivity index (χ4n) is 5.18. The van der Waals surface area contributed by atoms with Crippen LogP contribution < -0.4 is 16.4 Å². The van der Waals surface area contributed by atoms with Gasteiger partial charge in [-0.05, 0) is 57.1 Å². The molecule has 0 spiro atoms. The molecule has 0 radical (unpaired) electrons. The lowest BCUT2D eigenvalue weighted by atomic mass is 9.73. The molecule has 2 atom stereocenters. The maximum absolute atomic E-state index is 14.8. The first kappa shape index (κ1) is 25.0. The molecule has 5 rings (SSSR count). The smallest absolute Gasteiger partial charge is 0.224 e. The number of amides is 1. The van der Waals surface area contributed by atoms with E-state index < -0.39 is 11.2 Å². The summed E-state index contributed by atoms with van der Waals surface area (Å²) in [6, 6.07) is 2.66. The highest BCUT2D eigenvalue weighted by molar-refractivity contribution is 6.36. The Kier molecular flexibility index (Phi) is 6.69. The first-order valence-corrected chi connectivity index (χ1v) is 12.8. The van der Waals surface area contributed by atoms with Gasteiger partial charge in [0, 0.05) is 22.5 Å².